The minimum absolute atomic E-state index is 0.915. The molecule has 0 unspecified atom stereocenters. The summed E-state index contributed by atoms with van der Waals surface area (Å²) in [5.41, 5.74) is 5.16. The number of hydrogen-bond donors (Lipinski definition) is 1. The summed E-state index contributed by atoms with van der Waals surface area (Å²) in [4.78, 5) is 8.56. The summed E-state index contributed by atoms with van der Waals surface area (Å²) in [5.74, 6) is 0. The van der Waals surface area contributed by atoms with Crippen molar-refractivity contribution < 1.29 is 0 Å². The average Bonchev–Trinajstić information content (AvgIpc) is 2.94. The van der Waals surface area contributed by atoms with Gasteiger partial charge in [0.25, 0.3) is 0 Å². The number of H-pyrrole nitrogens is 1. The molecule has 88 valence electrons. The SMILES string of the molecule is Cc1cnc(-c2cccnc2)cc1-c1ccn[nH]1. The van der Waals surface area contributed by atoms with E-state index in [1.807, 2.05) is 37.5 Å². The molecule has 4 heteroatoms. The molecule has 0 aliphatic rings. The second-order valence-electron chi connectivity index (χ2n) is 4.10. The lowest BCUT2D eigenvalue weighted by molar-refractivity contribution is 1.09. The zero-order chi connectivity index (χ0) is 12.4. The van der Waals surface area contributed by atoms with Gasteiger partial charge in [0.2, 0.25) is 0 Å². The topological polar surface area (TPSA) is 54.5 Å². The fourth-order valence-corrected chi connectivity index (χ4v) is 1.89. The van der Waals surface area contributed by atoms with E-state index in [-0.39, 0.29) is 0 Å². The van der Waals surface area contributed by atoms with Gasteiger partial charge >= 0.3 is 0 Å². The Balaban J connectivity index is 2.12. The number of aromatic amines is 1. The molecule has 1 N–H and O–H groups in total. The first-order valence-electron chi connectivity index (χ1n) is 5.71. The van der Waals surface area contributed by atoms with Crippen molar-refractivity contribution in [2.24, 2.45) is 0 Å². The van der Waals surface area contributed by atoms with E-state index in [0.717, 1.165) is 28.1 Å². The summed E-state index contributed by atoms with van der Waals surface area (Å²) in [6.45, 7) is 2.04. The van der Waals surface area contributed by atoms with Crippen LogP contribution in [0.3, 0.4) is 0 Å². The maximum Gasteiger partial charge on any atom is 0.0724 e. The summed E-state index contributed by atoms with van der Waals surface area (Å²) >= 11 is 0. The Labute approximate surface area is 105 Å². The molecule has 3 aromatic rings. The molecule has 0 aromatic carbocycles. The molecule has 0 saturated carbocycles. The zero-order valence-corrected chi connectivity index (χ0v) is 9.96. The van der Waals surface area contributed by atoms with Crippen molar-refractivity contribution >= 4 is 0 Å². The molecule has 0 fully saturated rings. The lowest BCUT2D eigenvalue weighted by atomic mass is 10.0. The van der Waals surface area contributed by atoms with E-state index in [1.54, 1.807) is 12.4 Å². The first kappa shape index (κ1) is 10.7. The molecule has 0 aliphatic heterocycles. The van der Waals surface area contributed by atoms with Crippen molar-refractivity contribution in [3.63, 3.8) is 0 Å². The van der Waals surface area contributed by atoms with Crippen molar-refractivity contribution in [3.8, 4) is 22.5 Å². The van der Waals surface area contributed by atoms with E-state index in [9.17, 15) is 0 Å². The van der Waals surface area contributed by atoms with Crippen molar-refractivity contribution in [3.05, 3.63) is 54.6 Å². The molecule has 3 heterocycles. The van der Waals surface area contributed by atoms with Crippen LogP contribution in [0.2, 0.25) is 0 Å². The predicted molar refractivity (Wildman–Crippen MR) is 69.8 cm³/mol. The molecule has 3 aromatic heterocycles. The number of hydrogen-bond acceptors (Lipinski definition) is 3. The second-order valence-corrected chi connectivity index (χ2v) is 4.10. The van der Waals surface area contributed by atoms with Gasteiger partial charge in [-0.25, -0.2) is 0 Å². The highest BCUT2D eigenvalue weighted by atomic mass is 15.1. The van der Waals surface area contributed by atoms with E-state index in [0.29, 0.717) is 0 Å². The van der Waals surface area contributed by atoms with Gasteiger partial charge in [-0.2, -0.15) is 5.10 Å². The summed E-state index contributed by atoms with van der Waals surface area (Å²) in [6.07, 6.45) is 7.19. The van der Waals surface area contributed by atoms with Crippen LogP contribution in [0.5, 0.6) is 0 Å². The minimum atomic E-state index is 0.915. The third-order valence-electron chi connectivity index (χ3n) is 2.85. The smallest absolute Gasteiger partial charge is 0.0724 e. The van der Waals surface area contributed by atoms with Crippen molar-refractivity contribution in [1.29, 1.82) is 0 Å². The Kier molecular flexibility index (Phi) is 2.61. The van der Waals surface area contributed by atoms with Crippen LogP contribution in [0.15, 0.2) is 49.1 Å². The normalized spacial score (nSPS) is 10.5. The standard InChI is InChI=1S/C14H12N4/c1-10-8-16-14(11-3-2-5-15-9-11)7-12(10)13-4-6-17-18-13/h2-9H,1H3,(H,17,18). The summed E-state index contributed by atoms with van der Waals surface area (Å²) in [5, 5.41) is 6.96. The van der Waals surface area contributed by atoms with Crippen LogP contribution in [-0.4, -0.2) is 20.2 Å². The molecule has 18 heavy (non-hydrogen) atoms. The van der Waals surface area contributed by atoms with E-state index >= 15 is 0 Å². The maximum absolute atomic E-state index is 4.44. The maximum atomic E-state index is 4.44. The number of nitrogens with one attached hydrogen (secondary N) is 1. The van der Waals surface area contributed by atoms with Crippen LogP contribution >= 0.6 is 0 Å². The number of rotatable bonds is 2. The van der Waals surface area contributed by atoms with Crippen LogP contribution < -0.4 is 0 Å². The van der Waals surface area contributed by atoms with Gasteiger partial charge in [-0.15, -0.1) is 0 Å². The Hall–Kier alpha value is -2.49. The molecule has 3 rings (SSSR count). The highest BCUT2D eigenvalue weighted by molar-refractivity contribution is 5.70. The zero-order valence-electron chi connectivity index (χ0n) is 9.96. The summed E-state index contributed by atoms with van der Waals surface area (Å²) in [6, 6.07) is 7.92. The molecule has 0 bridgehead atoms. The molecule has 4 nitrogen and oxygen atoms in total. The Bertz CT molecular complexity index is 645. The van der Waals surface area contributed by atoms with Crippen molar-refractivity contribution in [2.45, 2.75) is 6.92 Å². The Morgan fingerprint density at radius 2 is 2.06 bits per heavy atom. The monoisotopic (exact) mass is 236 g/mol. The molecule has 0 aliphatic carbocycles. The van der Waals surface area contributed by atoms with Crippen molar-refractivity contribution in [2.75, 3.05) is 0 Å². The van der Waals surface area contributed by atoms with Crippen LogP contribution in [0, 0.1) is 6.92 Å². The molecule has 0 spiro atoms. The fraction of sp³-hybridized carbons (Fsp3) is 0.0714. The second kappa shape index (κ2) is 4.41. The van der Waals surface area contributed by atoms with Gasteiger partial charge in [0.05, 0.1) is 11.4 Å². The van der Waals surface area contributed by atoms with Gasteiger partial charge < -0.3 is 0 Å². The van der Waals surface area contributed by atoms with Gasteiger partial charge in [0, 0.05) is 35.9 Å². The van der Waals surface area contributed by atoms with Gasteiger partial charge in [-0.05, 0) is 36.8 Å². The summed E-state index contributed by atoms with van der Waals surface area (Å²) < 4.78 is 0. The Morgan fingerprint density at radius 3 is 2.78 bits per heavy atom. The van der Waals surface area contributed by atoms with Gasteiger partial charge in [0.15, 0.2) is 0 Å². The molecular formula is C14H12N4. The first-order chi connectivity index (χ1) is 8.84. The largest absolute Gasteiger partial charge is 0.278 e. The fourth-order valence-electron chi connectivity index (χ4n) is 1.89. The molecular weight excluding hydrogens is 224 g/mol. The van der Waals surface area contributed by atoms with Gasteiger partial charge in [-0.1, -0.05) is 0 Å². The van der Waals surface area contributed by atoms with Gasteiger partial charge in [0.1, 0.15) is 0 Å². The van der Waals surface area contributed by atoms with E-state index in [2.05, 4.69) is 26.2 Å². The molecule has 0 atom stereocenters. The van der Waals surface area contributed by atoms with E-state index in [4.69, 9.17) is 0 Å². The highest BCUT2D eigenvalue weighted by Gasteiger charge is 2.07. The van der Waals surface area contributed by atoms with Crippen molar-refractivity contribution in [1.82, 2.24) is 20.2 Å². The number of aryl methyl sites for hydroxylation is 1. The number of nitrogens with zero attached hydrogens (tertiary/aromatic N) is 3. The Morgan fingerprint density at radius 1 is 1.11 bits per heavy atom. The average molecular weight is 236 g/mol. The van der Waals surface area contributed by atoms with E-state index < -0.39 is 0 Å². The summed E-state index contributed by atoms with van der Waals surface area (Å²) in [7, 11) is 0. The van der Waals surface area contributed by atoms with Crippen LogP contribution in [0.1, 0.15) is 5.56 Å². The van der Waals surface area contributed by atoms with Crippen LogP contribution in [0.4, 0.5) is 0 Å². The van der Waals surface area contributed by atoms with Gasteiger partial charge in [-0.3, -0.25) is 15.1 Å². The van der Waals surface area contributed by atoms with Crippen LogP contribution in [0.25, 0.3) is 22.5 Å². The molecule has 0 radical (unpaired) electrons. The first-order valence-corrected chi connectivity index (χ1v) is 5.71. The third kappa shape index (κ3) is 1.88. The molecule has 0 saturated heterocycles. The lowest BCUT2D eigenvalue weighted by Crippen LogP contribution is -1.90. The quantitative estimate of drug-likeness (QED) is 0.744. The minimum Gasteiger partial charge on any atom is -0.278 e. The predicted octanol–water partition coefficient (Wildman–Crippen LogP) is 2.84. The van der Waals surface area contributed by atoms with E-state index in [1.165, 1.54) is 0 Å². The number of aromatic nitrogens is 4. The highest BCUT2D eigenvalue weighted by Crippen LogP contribution is 2.25. The third-order valence-corrected chi connectivity index (χ3v) is 2.85. The van der Waals surface area contributed by atoms with Crippen LogP contribution in [-0.2, 0) is 0 Å². The lowest BCUT2D eigenvalue weighted by Gasteiger charge is -2.06. The molecule has 0 amide bonds. The number of pyridine rings is 2.